The number of carbonyl (C=O) groups is 2. The van der Waals surface area contributed by atoms with Gasteiger partial charge in [-0.1, -0.05) is 20.8 Å². The first kappa shape index (κ1) is 17.6. The maximum atomic E-state index is 13.0. The van der Waals surface area contributed by atoms with Crippen molar-refractivity contribution in [3.8, 4) is 0 Å². The minimum absolute atomic E-state index is 0.0390. The molecule has 2 bridgehead atoms. The van der Waals surface area contributed by atoms with Crippen LogP contribution in [0.15, 0.2) is 23.3 Å². The average Bonchev–Trinajstić information content (AvgIpc) is 2.99. The van der Waals surface area contributed by atoms with Crippen LogP contribution in [0, 0.1) is 11.3 Å². The van der Waals surface area contributed by atoms with Crippen LogP contribution in [0.25, 0.3) is 0 Å². The highest BCUT2D eigenvalue weighted by Crippen LogP contribution is 2.46. The molecular formula is C20H28O4. The number of rotatable bonds is 0. The summed E-state index contributed by atoms with van der Waals surface area (Å²) in [6.07, 6.45) is 6.48. The summed E-state index contributed by atoms with van der Waals surface area (Å²) in [7, 11) is 0. The molecule has 0 aromatic carbocycles. The molecule has 1 aliphatic carbocycles. The number of allylic oxidation sites excluding steroid dienone is 1. The third-order valence-electron chi connectivity index (χ3n) is 6.12. The van der Waals surface area contributed by atoms with Crippen molar-refractivity contribution >= 4 is 11.6 Å². The molecule has 0 aromatic rings. The van der Waals surface area contributed by atoms with Gasteiger partial charge in [-0.05, 0) is 62.7 Å². The molecule has 0 spiro atoms. The van der Waals surface area contributed by atoms with Crippen molar-refractivity contribution < 1.29 is 19.4 Å². The number of fused-ring (bicyclic) bond motifs is 3. The maximum absolute atomic E-state index is 13.0. The molecule has 3 aliphatic rings. The van der Waals surface area contributed by atoms with Gasteiger partial charge in [-0.15, -0.1) is 0 Å². The second kappa shape index (κ2) is 5.37. The van der Waals surface area contributed by atoms with Gasteiger partial charge in [0.1, 0.15) is 0 Å². The molecule has 24 heavy (non-hydrogen) atoms. The monoisotopic (exact) mass is 332 g/mol. The van der Waals surface area contributed by atoms with Gasteiger partial charge in [0.05, 0.1) is 11.7 Å². The van der Waals surface area contributed by atoms with Gasteiger partial charge in [-0.2, -0.15) is 0 Å². The standard InChI is InChI=1S/C20H28O4/c1-12-6-8-18(3,4)15-7-9-19(5,24-15)11-14-16(21)13(2)10-20(14,23)17(12)22/h10-12,15,23H,6-9H2,1-5H3/t12-,15+,19-,20+/m0/s1. The highest BCUT2D eigenvalue weighted by molar-refractivity contribution is 6.19. The fraction of sp³-hybridized carbons (Fsp3) is 0.700. The van der Waals surface area contributed by atoms with Crippen molar-refractivity contribution in [2.45, 2.75) is 77.6 Å². The molecule has 1 fully saturated rings. The second-order valence-corrected chi connectivity index (χ2v) is 8.73. The topological polar surface area (TPSA) is 63.6 Å². The first-order valence-electron chi connectivity index (χ1n) is 8.90. The van der Waals surface area contributed by atoms with E-state index in [2.05, 4.69) is 13.8 Å². The maximum Gasteiger partial charge on any atom is 0.188 e. The summed E-state index contributed by atoms with van der Waals surface area (Å²) in [4.78, 5) is 25.5. The van der Waals surface area contributed by atoms with Crippen molar-refractivity contribution in [1.82, 2.24) is 0 Å². The van der Waals surface area contributed by atoms with Crippen LogP contribution in [0.4, 0.5) is 0 Å². The lowest BCUT2D eigenvalue weighted by Crippen LogP contribution is -2.42. The number of ether oxygens (including phenoxy) is 1. The molecule has 4 heteroatoms. The Bertz CT molecular complexity index is 657. The molecular weight excluding hydrogens is 304 g/mol. The lowest BCUT2D eigenvalue weighted by Gasteiger charge is -2.33. The molecule has 4 atom stereocenters. The van der Waals surface area contributed by atoms with E-state index in [4.69, 9.17) is 4.74 Å². The van der Waals surface area contributed by atoms with Crippen molar-refractivity contribution in [2.24, 2.45) is 11.3 Å². The van der Waals surface area contributed by atoms with Gasteiger partial charge >= 0.3 is 0 Å². The molecule has 132 valence electrons. The van der Waals surface area contributed by atoms with Crippen molar-refractivity contribution in [3.63, 3.8) is 0 Å². The number of aliphatic hydroxyl groups is 1. The van der Waals surface area contributed by atoms with Gasteiger partial charge in [0, 0.05) is 11.5 Å². The van der Waals surface area contributed by atoms with Crippen LogP contribution in [-0.2, 0) is 14.3 Å². The number of hydrogen-bond acceptors (Lipinski definition) is 4. The fourth-order valence-corrected chi connectivity index (χ4v) is 4.30. The van der Waals surface area contributed by atoms with Gasteiger partial charge in [0.15, 0.2) is 17.2 Å². The molecule has 3 rings (SSSR count). The molecule has 0 aromatic heterocycles. The smallest absolute Gasteiger partial charge is 0.188 e. The van der Waals surface area contributed by atoms with Gasteiger partial charge < -0.3 is 9.84 Å². The normalized spacial score (nSPS) is 42.2. The van der Waals surface area contributed by atoms with E-state index in [1.54, 1.807) is 13.0 Å². The Balaban J connectivity index is 2.12. The lowest BCUT2D eigenvalue weighted by molar-refractivity contribution is -0.135. The summed E-state index contributed by atoms with van der Waals surface area (Å²) in [6.45, 7) is 9.80. The molecule has 0 amide bonds. The van der Waals surface area contributed by atoms with Gasteiger partial charge in [-0.25, -0.2) is 0 Å². The Morgan fingerprint density at radius 2 is 1.79 bits per heavy atom. The van der Waals surface area contributed by atoms with Crippen LogP contribution in [0.5, 0.6) is 0 Å². The second-order valence-electron chi connectivity index (χ2n) is 8.73. The number of ketones is 2. The number of hydrogen-bond donors (Lipinski definition) is 1. The van der Waals surface area contributed by atoms with E-state index in [9.17, 15) is 14.7 Å². The van der Waals surface area contributed by atoms with Crippen LogP contribution in [0.2, 0.25) is 0 Å². The van der Waals surface area contributed by atoms with E-state index in [1.807, 2.05) is 13.8 Å². The summed E-state index contributed by atoms with van der Waals surface area (Å²) in [5.74, 6) is -0.835. The Morgan fingerprint density at radius 1 is 1.12 bits per heavy atom. The summed E-state index contributed by atoms with van der Waals surface area (Å²) >= 11 is 0. The molecule has 1 N–H and O–H groups in total. The van der Waals surface area contributed by atoms with E-state index in [1.165, 1.54) is 6.08 Å². The Hall–Kier alpha value is -1.26. The van der Waals surface area contributed by atoms with Crippen molar-refractivity contribution in [3.05, 3.63) is 23.3 Å². The van der Waals surface area contributed by atoms with Gasteiger partial charge in [-0.3, -0.25) is 9.59 Å². The van der Waals surface area contributed by atoms with E-state index in [0.29, 0.717) is 12.0 Å². The Kier molecular flexibility index (Phi) is 3.93. The lowest BCUT2D eigenvalue weighted by atomic mass is 9.75. The minimum atomic E-state index is -1.81. The van der Waals surface area contributed by atoms with Crippen molar-refractivity contribution in [1.29, 1.82) is 0 Å². The summed E-state index contributed by atoms with van der Waals surface area (Å²) in [5, 5.41) is 11.1. The zero-order valence-electron chi connectivity index (χ0n) is 15.3. The van der Waals surface area contributed by atoms with Gasteiger partial charge in [0.25, 0.3) is 0 Å². The summed E-state index contributed by atoms with van der Waals surface area (Å²) in [6, 6.07) is 0. The first-order chi connectivity index (χ1) is 11.0. The molecule has 0 unspecified atom stereocenters. The van der Waals surface area contributed by atoms with Crippen LogP contribution in [-0.4, -0.2) is 34.0 Å². The molecule has 0 saturated carbocycles. The van der Waals surface area contributed by atoms with Gasteiger partial charge in [0.2, 0.25) is 0 Å². The Morgan fingerprint density at radius 3 is 2.46 bits per heavy atom. The molecule has 1 saturated heterocycles. The van der Waals surface area contributed by atoms with Crippen LogP contribution in [0.3, 0.4) is 0 Å². The van der Waals surface area contributed by atoms with E-state index in [0.717, 1.165) is 19.3 Å². The largest absolute Gasteiger partial charge is 0.373 e. The number of carbonyl (C=O) groups excluding carboxylic acids is 2. The molecule has 2 heterocycles. The minimum Gasteiger partial charge on any atom is -0.373 e. The SMILES string of the molecule is CC1=C[C@]2(O)C(=O)[C@@H](C)CCC(C)(C)[C@H]3CC[C@@](C)(C=C2C1=O)O3. The summed E-state index contributed by atoms with van der Waals surface area (Å²) < 4.78 is 6.33. The summed E-state index contributed by atoms with van der Waals surface area (Å²) in [5.41, 5.74) is -1.85. The quantitative estimate of drug-likeness (QED) is 0.740. The van der Waals surface area contributed by atoms with Crippen LogP contribution >= 0.6 is 0 Å². The Labute approximate surface area is 144 Å². The third kappa shape index (κ3) is 2.60. The fourth-order valence-electron chi connectivity index (χ4n) is 4.30. The van der Waals surface area contributed by atoms with E-state index < -0.39 is 11.2 Å². The molecule has 2 aliphatic heterocycles. The number of Topliss-reactive ketones (excluding diaryl/α,β-unsaturated/α-hetero) is 2. The van der Waals surface area contributed by atoms with Crippen molar-refractivity contribution in [2.75, 3.05) is 0 Å². The first-order valence-corrected chi connectivity index (χ1v) is 8.90. The zero-order chi connectivity index (χ0) is 17.9. The van der Waals surface area contributed by atoms with E-state index in [-0.39, 0.29) is 34.6 Å². The molecule has 0 radical (unpaired) electrons. The third-order valence-corrected chi connectivity index (χ3v) is 6.12. The zero-order valence-corrected chi connectivity index (χ0v) is 15.3. The predicted octanol–water partition coefficient (Wildman–Crippen LogP) is 3.14. The van der Waals surface area contributed by atoms with E-state index >= 15 is 0 Å². The average molecular weight is 332 g/mol. The highest BCUT2D eigenvalue weighted by atomic mass is 16.5. The van der Waals surface area contributed by atoms with Crippen LogP contribution < -0.4 is 0 Å². The predicted molar refractivity (Wildman–Crippen MR) is 91.5 cm³/mol. The molecule has 4 nitrogen and oxygen atoms in total. The van der Waals surface area contributed by atoms with Crippen LogP contribution in [0.1, 0.15) is 60.3 Å². The highest BCUT2D eigenvalue weighted by Gasteiger charge is 2.51.